The lowest BCUT2D eigenvalue weighted by atomic mass is 10.1. The van der Waals surface area contributed by atoms with E-state index in [1.807, 2.05) is 6.92 Å². The Hall–Kier alpha value is -2.30. The van der Waals surface area contributed by atoms with Gasteiger partial charge in [-0.2, -0.15) is 0 Å². The monoisotopic (exact) mass is 248 g/mol. The van der Waals surface area contributed by atoms with Crippen molar-refractivity contribution in [3.63, 3.8) is 0 Å². The first-order valence-corrected chi connectivity index (χ1v) is 5.49. The number of esters is 1. The predicted molar refractivity (Wildman–Crippen MR) is 63.9 cm³/mol. The van der Waals surface area contributed by atoms with Crippen LogP contribution in [-0.2, 0) is 11.2 Å². The third-order valence-electron chi connectivity index (χ3n) is 2.50. The van der Waals surface area contributed by atoms with E-state index < -0.39 is 11.9 Å². The topological polar surface area (TPSA) is 76.7 Å². The van der Waals surface area contributed by atoms with E-state index in [9.17, 15) is 9.59 Å². The van der Waals surface area contributed by atoms with E-state index in [0.717, 1.165) is 0 Å². The van der Waals surface area contributed by atoms with Crippen molar-refractivity contribution in [3.05, 3.63) is 29.5 Å². The maximum absolute atomic E-state index is 11.0. The van der Waals surface area contributed by atoms with Crippen molar-refractivity contribution in [3.8, 4) is 5.75 Å². The Labute approximate surface area is 103 Å². The van der Waals surface area contributed by atoms with Crippen LogP contribution in [0.15, 0.2) is 22.6 Å². The number of hydrogen-bond donors (Lipinski definition) is 1. The molecule has 0 amide bonds. The Morgan fingerprint density at radius 2 is 2.06 bits per heavy atom. The van der Waals surface area contributed by atoms with Gasteiger partial charge >= 0.3 is 11.9 Å². The van der Waals surface area contributed by atoms with Crippen LogP contribution in [0.2, 0.25) is 0 Å². The lowest BCUT2D eigenvalue weighted by Gasteiger charge is -2.03. The molecule has 0 saturated heterocycles. The molecule has 1 N–H and O–H groups in total. The highest BCUT2D eigenvalue weighted by atomic mass is 16.5. The summed E-state index contributed by atoms with van der Waals surface area (Å²) in [7, 11) is 0. The van der Waals surface area contributed by atoms with Gasteiger partial charge in [-0.05, 0) is 18.2 Å². The summed E-state index contributed by atoms with van der Waals surface area (Å²) in [5.41, 5.74) is 0.429. The van der Waals surface area contributed by atoms with Crippen molar-refractivity contribution in [1.29, 1.82) is 0 Å². The summed E-state index contributed by atoms with van der Waals surface area (Å²) in [5.74, 6) is -0.681. The van der Waals surface area contributed by atoms with Crippen LogP contribution >= 0.6 is 0 Å². The number of carbonyl (C=O) groups is 2. The van der Waals surface area contributed by atoms with Gasteiger partial charge in [0.15, 0.2) is 0 Å². The maximum atomic E-state index is 11.0. The second-order valence-corrected chi connectivity index (χ2v) is 3.85. The Morgan fingerprint density at radius 1 is 1.33 bits per heavy atom. The molecule has 0 fully saturated rings. The Kier molecular flexibility index (Phi) is 3.06. The highest BCUT2D eigenvalue weighted by Crippen LogP contribution is 2.31. The molecule has 1 aromatic heterocycles. The van der Waals surface area contributed by atoms with Crippen LogP contribution in [-0.4, -0.2) is 17.0 Å². The van der Waals surface area contributed by atoms with Crippen molar-refractivity contribution >= 4 is 22.9 Å². The standard InChI is InChI=1S/C13H12O5/c1-3-9-6-10-11(17-7(2)14)4-8(13(15)16)5-12(10)18-9/h4-6H,3H2,1-2H3,(H,15,16). The molecule has 94 valence electrons. The molecule has 0 atom stereocenters. The van der Waals surface area contributed by atoms with E-state index >= 15 is 0 Å². The number of fused-ring (bicyclic) bond motifs is 1. The Balaban J connectivity index is 2.66. The number of furan rings is 1. The number of ether oxygens (including phenoxy) is 1. The summed E-state index contributed by atoms with van der Waals surface area (Å²) in [6.07, 6.45) is 0.677. The fourth-order valence-corrected chi connectivity index (χ4v) is 1.70. The quantitative estimate of drug-likeness (QED) is 0.667. The van der Waals surface area contributed by atoms with Crippen LogP contribution in [0.5, 0.6) is 5.75 Å². The molecule has 0 bridgehead atoms. The molecule has 0 radical (unpaired) electrons. The Morgan fingerprint density at radius 3 is 2.61 bits per heavy atom. The van der Waals surface area contributed by atoms with Crippen LogP contribution in [0.1, 0.15) is 30.0 Å². The van der Waals surface area contributed by atoms with Crippen molar-refractivity contribution in [2.45, 2.75) is 20.3 Å². The summed E-state index contributed by atoms with van der Waals surface area (Å²) in [4.78, 5) is 22.0. The van der Waals surface area contributed by atoms with Gasteiger partial charge in [0.1, 0.15) is 17.1 Å². The van der Waals surface area contributed by atoms with Gasteiger partial charge in [-0.25, -0.2) is 4.79 Å². The smallest absolute Gasteiger partial charge is 0.335 e. The summed E-state index contributed by atoms with van der Waals surface area (Å²) in [6.45, 7) is 3.18. The molecule has 0 aliphatic carbocycles. The lowest BCUT2D eigenvalue weighted by molar-refractivity contribution is -0.131. The summed E-state index contributed by atoms with van der Waals surface area (Å²) in [6, 6.07) is 4.49. The van der Waals surface area contributed by atoms with E-state index in [1.165, 1.54) is 19.1 Å². The molecule has 5 nitrogen and oxygen atoms in total. The summed E-state index contributed by atoms with van der Waals surface area (Å²) >= 11 is 0. The number of aromatic carboxylic acids is 1. The molecule has 0 spiro atoms. The summed E-state index contributed by atoms with van der Waals surface area (Å²) < 4.78 is 10.5. The number of benzene rings is 1. The Bertz CT molecular complexity index is 624. The number of hydrogen-bond acceptors (Lipinski definition) is 4. The van der Waals surface area contributed by atoms with E-state index in [4.69, 9.17) is 14.3 Å². The van der Waals surface area contributed by atoms with Crippen molar-refractivity contribution in [2.75, 3.05) is 0 Å². The first-order valence-electron chi connectivity index (χ1n) is 5.49. The molecule has 1 heterocycles. The number of carboxylic acids is 1. The van der Waals surface area contributed by atoms with Crippen LogP contribution in [0, 0.1) is 0 Å². The minimum Gasteiger partial charge on any atom is -0.478 e. The van der Waals surface area contributed by atoms with Gasteiger partial charge in [0.2, 0.25) is 0 Å². The van der Waals surface area contributed by atoms with E-state index in [1.54, 1.807) is 6.07 Å². The molecule has 1 aromatic carbocycles. The predicted octanol–water partition coefficient (Wildman–Crippen LogP) is 2.62. The highest BCUT2D eigenvalue weighted by molar-refractivity contribution is 5.96. The zero-order valence-electron chi connectivity index (χ0n) is 10.0. The zero-order chi connectivity index (χ0) is 13.3. The fourth-order valence-electron chi connectivity index (χ4n) is 1.70. The second kappa shape index (κ2) is 4.52. The van der Waals surface area contributed by atoms with Gasteiger partial charge in [0.25, 0.3) is 0 Å². The first-order chi connectivity index (χ1) is 8.51. The highest BCUT2D eigenvalue weighted by Gasteiger charge is 2.15. The van der Waals surface area contributed by atoms with E-state index in [2.05, 4.69) is 0 Å². The van der Waals surface area contributed by atoms with Gasteiger partial charge in [-0.1, -0.05) is 6.92 Å². The minimum absolute atomic E-state index is 0.0238. The second-order valence-electron chi connectivity index (χ2n) is 3.85. The molecular formula is C13H12O5. The van der Waals surface area contributed by atoms with Crippen LogP contribution < -0.4 is 4.74 Å². The third-order valence-corrected chi connectivity index (χ3v) is 2.50. The van der Waals surface area contributed by atoms with Crippen LogP contribution in [0.3, 0.4) is 0 Å². The fraction of sp³-hybridized carbons (Fsp3) is 0.231. The van der Waals surface area contributed by atoms with Gasteiger partial charge in [-0.15, -0.1) is 0 Å². The largest absolute Gasteiger partial charge is 0.478 e. The summed E-state index contributed by atoms with van der Waals surface area (Å²) in [5, 5.41) is 9.59. The third kappa shape index (κ3) is 2.20. The molecule has 0 aliphatic heterocycles. The number of carbonyl (C=O) groups excluding carboxylic acids is 1. The van der Waals surface area contributed by atoms with Gasteiger partial charge in [-0.3, -0.25) is 4.79 Å². The van der Waals surface area contributed by atoms with Crippen molar-refractivity contribution in [1.82, 2.24) is 0 Å². The van der Waals surface area contributed by atoms with Crippen molar-refractivity contribution in [2.24, 2.45) is 0 Å². The molecule has 2 rings (SSSR count). The average molecular weight is 248 g/mol. The van der Waals surface area contributed by atoms with Crippen LogP contribution in [0.25, 0.3) is 11.0 Å². The lowest BCUT2D eigenvalue weighted by Crippen LogP contribution is -2.03. The molecule has 0 unspecified atom stereocenters. The van der Waals surface area contributed by atoms with Crippen LogP contribution in [0.4, 0.5) is 0 Å². The molecular weight excluding hydrogens is 236 g/mol. The maximum Gasteiger partial charge on any atom is 0.335 e. The van der Waals surface area contributed by atoms with Crippen molar-refractivity contribution < 1.29 is 23.8 Å². The molecule has 0 aliphatic rings. The molecule has 2 aromatic rings. The number of aryl methyl sites for hydroxylation is 1. The minimum atomic E-state index is -1.10. The van der Waals surface area contributed by atoms with Gasteiger partial charge in [0, 0.05) is 13.3 Å². The molecule has 0 saturated carbocycles. The average Bonchev–Trinajstić information content (AvgIpc) is 2.71. The van der Waals surface area contributed by atoms with E-state index in [0.29, 0.717) is 23.2 Å². The molecule has 5 heteroatoms. The number of rotatable bonds is 3. The normalized spacial score (nSPS) is 10.6. The van der Waals surface area contributed by atoms with E-state index in [-0.39, 0.29) is 11.3 Å². The number of carboxylic acid groups (broad SMARTS) is 1. The molecule has 18 heavy (non-hydrogen) atoms. The van der Waals surface area contributed by atoms with Gasteiger partial charge in [0.05, 0.1) is 10.9 Å². The first kappa shape index (κ1) is 12.2. The zero-order valence-corrected chi connectivity index (χ0v) is 10.0. The van der Waals surface area contributed by atoms with Gasteiger partial charge < -0.3 is 14.3 Å². The SMILES string of the molecule is CCc1cc2c(OC(C)=O)cc(C(=O)O)cc2o1.